The molecule has 0 aliphatic rings. The van der Waals surface area contributed by atoms with Crippen LogP contribution in [0.5, 0.6) is 0 Å². The summed E-state index contributed by atoms with van der Waals surface area (Å²) in [7, 11) is 0. The van der Waals surface area contributed by atoms with Gasteiger partial charge >= 0.3 is 0 Å². The van der Waals surface area contributed by atoms with Crippen LogP contribution in [0.4, 0.5) is 14.6 Å². The molecule has 0 aliphatic heterocycles. The molecule has 0 bridgehead atoms. The van der Waals surface area contributed by atoms with E-state index in [1.165, 1.54) is 12.1 Å². The molecule has 9 heteroatoms. The van der Waals surface area contributed by atoms with Crippen LogP contribution >= 0.6 is 15.9 Å². The molecule has 0 amide bonds. The van der Waals surface area contributed by atoms with Gasteiger partial charge in [-0.25, -0.2) is 13.8 Å². The van der Waals surface area contributed by atoms with Gasteiger partial charge in [-0.3, -0.25) is 0 Å². The minimum Gasteiger partial charge on any atom is -0.365 e. The van der Waals surface area contributed by atoms with Crippen LogP contribution in [-0.2, 0) is 0 Å². The highest BCUT2D eigenvalue weighted by atomic mass is 79.9. The van der Waals surface area contributed by atoms with Crippen molar-refractivity contribution in [3.05, 3.63) is 46.6 Å². The van der Waals surface area contributed by atoms with E-state index in [1.807, 2.05) is 20.8 Å². The molecule has 0 spiro atoms. The SMILES string of the molecule is CC(C)(C)Nc1ncccc1-c1nnnn1-c1ccc(Br)c(F)c1F. The molecule has 2 aromatic heterocycles. The smallest absolute Gasteiger partial charge is 0.190 e. The molecule has 130 valence electrons. The number of nitrogens with one attached hydrogen (secondary N) is 1. The summed E-state index contributed by atoms with van der Waals surface area (Å²) in [5.41, 5.74) is 0.229. The molecule has 0 saturated carbocycles. The molecule has 0 aliphatic carbocycles. The molecule has 0 unspecified atom stereocenters. The fraction of sp³-hybridized carbons (Fsp3) is 0.250. The molecule has 0 radical (unpaired) electrons. The summed E-state index contributed by atoms with van der Waals surface area (Å²) in [5, 5.41) is 14.6. The zero-order valence-electron chi connectivity index (χ0n) is 13.8. The highest BCUT2D eigenvalue weighted by Gasteiger charge is 2.22. The van der Waals surface area contributed by atoms with Crippen molar-refractivity contribution < 1.29 is 8.78 Å². The summed E-state index contributed by atoms with van der Waals surface area (Å²) in [4.78, 5) is 4.31. The van der Waals surface area contributed by atoms with Gasteiger partial charge in [-0.2, -0.15) is 4.68 Å². The van der Waals surface area contributed by atoms with Crippen molar-refractivity contribution in [1.29, 1.82) is 0 Å². The van der Waals surface area contributed by atoms with Gasteiger partial charge in [-0.05, 0) is 71.4 Å². The van der Waals surface area contributed by atoms with Crippen LogP contribution in [-0.4, -0.2) is 30.7 Å². The summed E-state index contributed by atoms with van der Waals surface area (Å²) < 4.78 is 29.4. The quantitative estimate of drug-likeness (QED) is 0.663. The number of rotatable bonds is 3. The summed E-state index contributed by atoms with van der Waals surface area (Å²) >= 11 is 2.96. The zero-order valence-corrected chi connectivity index (χ0v) is 15.3. The van der Waals surface area contributed by atoms with Crippen molar-refractivity contribution >= 4 is 21.7 Å². The van der Waals surface area contributed by atoms with E-state index in [0.29, 0.717) is 11.4 Å². The van der Waals surface area contributed by atoms with Gasteiger partial charge in [0.25, 0.3) is 0 Å². The molecular formula is C16H15BrF2N6. The van der Waals surface area contributed by atoms with E-state index in [1.54, 1.807) is 18.3 Å². The van der Waals surface area contributed by atoms with E-state index in [2.05, 4.69) is 41.8 Å². The molecule has 6 nitrogen and oxygen atoms in total. The minimum absolute atomic E-state index is 0.0276. The zero-order chi connectivity index (χ0) is 18.2. The van der Waals surface area contributed by atoms with Gasteiger partial charge in [0.15, 0.2) is 17.5 Å². The first kappa shape index (κ1) is 17.4. The van der Waals surface area contributed by atoms with Gasteiger partial charge in [0.1, 0.15) is 11.5 Å². The van der Waals surface area contributed by atoms with Crippen LogP contribution in [0, 0.1) is 11.6 Å². The van der Waals surface area contributed by atoms with E-state index in [-0.39, 0.29) is 21.5 Å². The van der Waals surface area contributed by atoms with Gasteiger partial charge in [-0.15, -0.1) is 5.10 Å². The maximum absolute atomic E-state index is 14.3. The van der Waals surface area contributed by atoms with Gasteiger partial charge in [0.05, 0.1) is 10.0 Å². The summed E-state index contributed by atoms with van der Waals surface area (Å²) in [6.07, 6.45) is 1.63. The molecule has 3 rings (SSSR count). The number of aromatic nitrogens is 5. The number of pyridine rings is 1. The van der Waals surface area contributed by atoms with E-state index in [4.69, 9.17) is 0 Å². The van der Waals surface area contributed by atoms with Crippen LogP contribution in [0.1, 0.15) is 20.8 Å². The molecule has 1 aromatic carbocycles. The highest BCUT2D eigenvalue weighted by Crippen LogP contribution is 2.29. The molecule has 0 atom stereocenters. The molecule has 0 saturated heterocycles. The fourth-order valence-electron chi connectivity index (χ4n) is 2.24. The lowest BCUT2D eigenvalue weighted by atomic mass is 10.1. The highest BCUT2D eigenvalue weighted by molar-refractivity contribution is 9.10. The number of hydrogen-bond donors (Lipinski definition) is 1. The van der Waals surface area contributed by atoms with Crippen LogP contribution < -0.4 is 5.32 Å². The van der Waals surface area contributed by atoms with E-state index in [0.717, 1.165) is 4.68 Å². The first-order valence-electron chi connectivity index (χ1n) is 7.44. The Morgan fingerprint density at radius 1 is 1.12 bits per heavy atom. The number of benzene rings is 1. The molecule has 3 aromatic rings. The Morgan fingerprint density at radius 3 is 2.60 bits per heavy atom. The molecular weight excluding hydrogens is 394 g/mol. The summed E-state index contributed by atoms with van der Waals surface area (Å²) in [5.74, 6) is -1.25. The summed E-state index contributed by atoms with van der Waals surface area (Å²) in [6, 6.07) is 6.28. The molecule has 25 heavy (non-hydrogen) atoms. The van der Waals surface area contributed by atoms with Crippen molar-refractivity contribution in [1.82, 2.24) is 25.2 Å². The Kier molecular flexibility index (Phi) is 4.51. The van der Waals surface area contributed by atoms with E-state index >= 15 is 0 Å². The maximum atomic E-state index is 14.3. The number of tetrazole rings is 1. The van der Waals surface area contributed by atoms with Crippen molar-refractivity contribution in [2.75, 3.05) is 5.32 Å². The van der Waals surface area contributed by atoms with E-state index < -0.39 is 11.6 Å². The predicted octanol–water partition coefficient (Wildman–Crippen LogP) is 3.98. The van der Waals surface area contributed by atoms with Gasteiger partial charge < -0.3 is 5.32 Å². The molecule has 2 heterocycles. The third-order valence-corrected chi connectivity index (χ3v) is 3.87. The average molecular weight is 409 g/mol. The lowest BCUT2D eigenvalue weighted by Gasteiger charge is -2.22. The van der Waals surface area contributed by atoms with Gasteiger partial charge in [-0.1, -0.05) is 0 Å². The largest absolute Gasteiger partial charge is 0.365 e. The number of nitrogens with zero attached hydrogens (tertiary/aromatic N) is 5. The monoisotopic (exact) mass is 408 g/mol. The second-order valence-corrected chi connectivity index (χ2v) is 7.24. The van der Waals surface area contributed by atoms with E-state index in [9.17, 15) is 8.78 Å². The van der Waals surface area contributed by atoms with Gasteiger partial charge in [0.2, 0.25) is 0 Å². The second-order valence-electron chi connectivity index (χ2n) is 6.38. The average Bonchev–Trinajstić information content (AvgIpc) is 3.01. The van der Waals surface area contributed by atoms with Crippen LogP contribution in [0.15, 0.2) is 34.9 Å². The Balaban J connectivity index is 2.15. The Hall–Kier alpha value is -2.42. The minimum atomic E-state index is -1.04. The lowest BCUT2D eigenvalue weighted by molar-refractivity contribution is 0.496. The lowest BCUT2D eigenvalue weighted by Crippen LogP contribution is -2.27. The maximum Gasteiger partial charge on any atom is 0.190 e. The first-order chi connectivity index (χ1) is 11.8. The fourth-order valence-corrected chi connectivity index (χ4v) is 2.54. The first-order valence-corrected chi connectivity index (χ1v) is 8.23. The van der Waals surface area contributed by atoms with Crippen molar-refractivity contribution in [2.45, 2.75) is 26.3 Å². The second kappa shape index (κ2) is 6.47. The Labute approximate surface area is 151 Å². The third kappa shape index (κ3) is 3.51. The van der Waals surface area contributed by atoms with Crippen LogP contribution in [0.3, 0.4) is 0 Å². The number of hydrogen-bond acceptors (Lipinski definition) is 5. The Bertz CT molecular complexity index is 919. The summed E-state index contributed by atoms with van der Waals surface area (Å²) in [6.45, 7) is 5.95. The number of anilines is 1. The normalized spacial score (nSPS) is 11.6. The predicted molar refractivity (Wildman–Crippen MR) is 93.4 cm³/mol. The Morgan fingerprint density at radius 2 is 1.88 bits per heavy atom. The topological polar surface area (TPSA) is 68.5 Å². The standard InChI is InChI=1S/C16H15BrF2N6/c1-16(2,3)21-14-9(5-4-8-20-14)15-22-23-24-25(15)11-7-6-10(17)12(18)13(11)19/h4-8H,1-3H3,(H,20,21). The van der Waals surface area contributed by atoms with Crippen molar-refractivity contribution in [2.24, 2.45) is 0 Å². The van der Waals surface area contributed by atoms with Crippen molar-refractivity contribution in [3.63, 3.8) is 0 Å². The number of halogens is 3. The molecule has 1 N–H and O–H groups in total. The van der Waals surface area contributed by atoms with Crippen molar-refractivity contribution in [3.8, 4) is 17.1 Å². The third-order valence-electron chi connectivity index (χ3n) is 3.25. The van der Waals surface area contributed by atoms with Crippen LogP contribution in [0.25, 0.3) is 17.1 Å². The van der Waals surface area contributed by atoms with Crippen LogP contribution in [0.2, 0.25) is 0 Å². The molecule has 0 fully saturated rings. The van der Waals surface area contributed by atoms with Gasteiger partial charge in [0, 0.05) is 11.7 Å².